The second-order valence-electron chi connectivity index (χ2n) is 5.10. The van der Waals surface area contributed by atoms with Crippen molar-refractivity contribution in [3.63, 3.8) is 0 Å². The van der Waals surface area contributed by atoms with Gasteiger partial charge in [0.05, 0.1) is 12.4 Å². The molecule has 18 heavy (non-hydrogen) atoms. The van der Waals surface area contributed by atoms with E-state index >= 15 is 0 Å². The maximum Gasteiger partial charge on any atom is 0.410 e. The van der Waals surface area contributed by atoms with E-state index in [1.54, 1.807) is 0 Å². The zero-order valence-electron chi connectivity index (χ0n) is 11.1. The molecule has 1 amide bonds. The van der Waals surface area contributed by atoms with Gasteiger partial charge in [-0.25, -0.2) is 4.79 Å². The first-order valence-electron chi connectivity index (χ1n) is 5.47. The molecule has 1 unspecified atom stereocenters. The Morgan fingerprint density at radius 3 is 2.11 bits per heavy atom. The van der Waals surface area contributed by atoms with Crippen LogP contribution in [0, 0.1) is 0 Å². The number of carbonyl (C=O) groups is 1. The monoisotopic (exact) mass is 283 g/mol. The maximum absolute atomic E-state index is 11.4. The van der Waals surface area contributed by atoms with Crippen LogP contribution >= 0.6 is 0 Å². The van der Waals surface area contributed by atoms with Crippen molar-refractivity contribution in [2.45, 2.75) is 38.9 Å². The van der Waals surface area contributed by atoms with Crippen LogP contribution in [0.5, 0.6) is 0 Å². The quantitative estimate of drug-likeness (QED) is 0.627. The van der Waals surface area contributed by atoms with Crippen molar-refractivity contribution in [2.24, 2.45) is 0 Å². The molecule has 108 valence electrons. The number of hydrogen-bond donors (Lipinski definition) is 2. The summed E-state index contributed by atoms with van der Waals surface area (Å²) < 4.78 is 31.0. The molecule has 2 N–H and O–H groups in total. The van der Waals surface area contributed by atoms with E-state index in [4.69, 9.17) is 9.29 Å². The molecule has 1 fully saturated rings. The SMILES string of the molecule is CC(C)(C)OC(=O)N1CCC(O)C1.CS(=O)(=O)O. The van der Waals surface area contributed by atoms with Crippen LogP contribution in [-0.4, -0.2) is 60.1 Å². The normalized spacial score (nSPS) is 20.1. The second-order valence-corrected chi connectivity index (χ2v) is 6.57. The Morgan fingerprint density at radius 2 is 1.83 bits per heavy atom. The Labute approximate surface area is 107 Å². The topological polar surface area (TPSA) is 104 Å². The summed E-state index contributed by atoms with van der Waals surface area (Å²) in [7, 11) is -3.67. The lowest BCUT2D eigenvalue weighted by molar-refractivity contribution is 0.0270. The summed E-state index contributed by atoms with van der Waals surface area (Å²) in [6.07, 6.45) is 0.656. The average Bonchev–Trinajstić information content (AvgIpc) is 2.45. The van der Waals surface area contributed by atoms with Crippen LogP contribution in [0.2, 0.25) is 0 Å². The molecule has 0 aromatic heterocycles. The third kappa shape index (κ3) is 10.3. The smallest absolute Gasteiger partial charge is 0.410 e. The Hall–Kier alpha value is -0.860. The minimum atomic E-state index is -3.67. The number of aliphatic hydroxyl groups excluding tert-OH is 1. The van der Waals surface area contributed by atoms with Crippen molar-refractivity contribution in [1.82, 2.24) is 4.90 Å². The van der Waals surface area contributed by atoms with Gasteiger partial charge in [0.1, 0.15) is 5.60 Å². The standard InChI is InChI=1S/C9H17NO3.CH4O3S/c1-9(2,3)13-8(12)10-5-4-7(11)6-10;1-5(2,3)4/h7,11H,4-6H2,1-3H3;1H3,(H,2,3,4). The average molecular weight is 283 g/mol. The Morgan fingerprint density at radius 1 is 1.39 bits per heavy atom. The number of nitrogens with zero attached hydrogens (tertiary/aromatic N) is 1. The molecule has 1 aliphatic rings. The van der Waals surface area contributed by atoms with Gasteiger partial charge in [-0.1, -0.05) is 0 Å². The molecule has 0 aliphatic carbocycles. The van der Waals surface area contributed by atoms with Gasteiger partial charge in [-0.3, -0.25) is 4.55 Å². The highest BCUT2D eigenvalue weighted by atomic mass is 32.2. The lowest BCUT2D eigenvalue weighted by Gasteiger charge is -2.24. The zero-order chi connectivity index (χ0) is 14.6. The van der Waals surface area contributed by atoms with E-state index in [1.165, 1.54) is 4.90 Å². The largest absolute Gasteiger partial charge is 0.444 e. The van der Waals surface area contributed by atoms with Crippen LogP contribution < -0.4 is 0 Å². The van der Waals surface area contributed by atoms with Crippen molar-refractivity contribution in [1.29, 1.82) is 0 Å². The summed E-state index contributed by atoms with van der Waals surface area (Å²) in [6.45, 7) is 6.48. The van der Waals surface area contributed by atoms with Gasteiger partial charge in [0.2, 0.25) is 0 Å². The lowest BCUT2D eigenvalue weighted by atomic mass is 10.2. The predicted octanol–water partition coefficient (Wildman–Crippen LogP) is 0.492. The van der Waals surface area contributed by atoms with Crippen LogP contribution in [0.1, 0.15) is 27.2 Å². The third-order valence-electron chi connectivity index (χ3n) is 1.82. The van der Waals surface area contributed by atoms with Gasteiger partial charge in [-0.2, -0.15) is 8.42 Å². The number of β-amino-alcohol motifs (C(OH)–C–C–N with tert-alkyl or cyclic N) is 1. The lowest BCUT2D eigenvalue weighted by Crippen LogP contribution is -2.35. The van der Waals surface area contributed by atoms with Crippen LogP contribution in [0.25, 0.3) is 0 Å². The molecule has 0 spiro atoms. The second kappa shape index (κ2) is 6.35. The zero-order valence-corrected chi connectivity index (χ0v) is 11.9. The number of rotatable bonds is 0. The van der Waals surface area contributed by atoms with E-state index in [0.29, 0.717) is 25.8 Å². The van der Waals surface area contributed by atoms with Gasteiger partial charge < -0.3 is 14.7 Å². The van der Waals surface area contributed by atoms with Gasteiger partial charge in [-0.15, -0.1) is 0 Å². The molecule has 1 saturated heterocycles. The molecule has 0 saturated carbocycles. The van der Waals surface area contributed by atoms with Crippen molar-refractivity contribution in [2.75, 3.05) is 19.3 Å². The number of hydrogen-bond acceptors (Lipinski definition) is 5. The summed E-state index contributed by atoms with van der Waals surface area (Å²) in [5.74, 6) is 0. The molecule has 0 bridgehead atoms. The molecule has 0 aromatic carbocycles. The number of aliphatic hydroxyl groups is 1. The van der Waals surface area contributed by atoms with Crippen molar-refractivity contribution < 1.29 is 27.6 Å². The summed E-state index contributed by atoms with van der Waals surface area (Å²) >= 11 is 0. The number of amides is 1. The van der Waals surface area contributed by atoms with Crippen LogP contribution in [0.15, 0.2) is 0 Å². The molecule has 1 aliphatic heterocycles. The molecule has 1 rings (SSSR count). The molecule has 7 nitrogen and oxygen atoms in total. The van der Waals surface area contributed by atoms with Crippen LogP contribution in [0.3, 0.4) is 0 Å². The van der Waals surface area contributed by atoms with E-state index in [2.05, 4.69) is 0 Å². The highest BCUT2D eigenvalue weighted by molar-refractivity contribution is 7.85. The van der Waals surface area contributed by atoms with Gasteiger partial charge in [0.15, 0.2) is 0 Å². The van der Waals surface area contributed by atoms with Crippen molar-refractivity contribution >= 4 is 16.2 Å². The van der Waals surface area contributed by atoms with Crippen molar-refractivity contribution in [3.05, 3.63) is 0 Å². The van der Waals surface area contributed by atoms with E-state index < -0.39 is 15.7 Å². The molecule has 0 radical (unpaired) electrons. The Balaban J connectivity index is 0.000000494. The van der Waals surface area contributed by atoms with Gasteiger partial charge in [0.25, 0.3) is 10.1 Å². The first kappa shape index (κ1) is 17.1. The van der Waals surface area contributed by atoms with Crippen molar-refractivity contribution in [3.8, 4) is 0 Å². The van der Waals surface area contributed by atoms with E-state index in [9.17, 15) is 18.3 Å². The van der Waals surface area contributed by atoms with Gasteiger partial charge in [-0.05, 0) is 27.2 Å². The highest BCUT2D eigenvalue weighted by Gasteiger charge is 2.28. The molecule has 8 heteroatoms. The van der Waals surface area contributed by atoms with Gasteiger partial charge >= 0.3 is 6.09 Å². The van der Waals surface area contributed by atoms with E-state index in [1.807, 2.05) is 20.8 Å². The Kier molecular flexibility index (Phi) is 6.05. The maximum atomic E-state index is 11.4. The minimum absolute atomic E-state index is 0.330. The van der Waals surface area contributed by atoms with Crippen LogP contribution in [0.4, 0.5) is 4.79 Å². The third-order valence-corrected chi connectivity index (χ3v) is 1.82. The predicted molar refractivity (Wildman–Crippen MR) is 65.9 cm³/mol. The summed E-state index contributed by atoms with van der Waals surface area (Å²) in [4.78, 5) is 12.9. The fraction of sp³-hybridized carbons (Fsp3) is 0.900. The number of likely N-dealkylation sites (tertiary alicyclic amines) is 1. The summed E-state index contributed by atoms with van der Waals surface area (Å²) in [6, 6.07) is 0. The molecule has 0 aromatic rings. The summed E-state index contributed by atoms with van der Waals surface area (Å²) in [5, 5.41) is 9.20. The summed E-state index contributed by atoms with van der Waals surface area (Å²) in [5.41, 5.74) is -0.454. The minimum Gasteiger partial charge on any atom is -0.444 e. The molecular weight excluding hydrogens is 262 g/mol. The highest BCUT2D eigenvalue weighted by Crippen LogP contribution is 2.14. The molecule has 1 atom stereocenters. The number of carbonyl (C=O) groups excluding carboxylic acids is 1. The van der Waals surface area contributed by atoms with Crippen LogP contribution in [-0.2, 0) is 14.9 Å². The fourth-order valence-electron chi connectivity index (χ4n) is 1.23. The number of ether oxygens (including phenoxy) is 1. The van der Waals surface area contributed by atoms with E-state index in [-0.39, 0.29) is 12.2 Å². The van der Waals surface area contributed by atoms with Gasteiger partial charge in [0, 0.05) is 13.1 Å². The first-order valence-corrected chi connectivity index (χ1v) is 7.32. The Bertz CT molecular complexity index is 364. The molecular formula is C10H21NO6S. The fourth-order valence-corrected chi connectivity index (χ4v) is 1.23. The first-order chi connectivity index (χ1) is 7.88. The van der Waals surface area contributed by atoms with E-state index in [0.717, 1.165) is 0 Å². The molecule has 1 heterocycles.